The Hall–Kier alpha value is -1.49. The Labute approximate surface area is 183 Å². The highest BCUT2D eigenvalue weighted by molar-refractivity contribution is 7.89. The lowest BCUT2D eigenvalue weighted by Crippen LogP contribution is -2.53. The van der Waals surface area contributed by atoms with Crippen LogP contribution in [-0.4, -0.2) is 67.4 Å². The standard InChI is InChI=1S/C21H32N4O5S/c26-21(18-12-20(30-24-18)19-2-1-9-29-19)23-15-10-16-3-4-17(11-15)25(16)31(27,28)13-14-5-7-22-8-6-14/h12,14-17,19,22H,1-11,13H2,(H,23,26). The van der Waals surface area contributed by atoms with Gasteiger partial charge in [0.15, 0.2) is 11.5 Å². The maximum absolute atomic E-state index is 13.2. The molecule has 10 heteroatoms. The molecule has 1 aromatic heterocycles. The number of aromatic nitrogens is 1. The van der Waals surface area contributed by atoms with Gasteiger partial charge < -0.3 is 19.9 Å². The molecule has 1 aromatic rings. The SMILES string of the molecule is O=C(NC1CC2CCC(C1)N2S(=O)(=O)CC1CCNCC1)c1cc(C2CCCO2)on1. The van der Waals surface area contributed by atoms with Crippen molar-refractivity contribution in [2.24, 2.45) is 5.92 Å². The van der Waals surface area contributed by atoms with Crippen molar-refractivity contribution in [2.45, 2.75) is 75.6 Å². The lowest BCUT2D eigenvalue weighted by Gasteiger charge is -2.39. The summed E-state index contributed by atoms with van der Waals surface area (Å²) in [5.74, 6) is 0.835. The van der Waals surface area contributed by atoms with Gasteiger partial charge >= 0.3 is 0 Å². The number of carbonyl (C=O) groups is 1. The van der Waals surface area contributed by atoms with Crippen molar-refractivity contribution < 1.29 is 22.5 Å². The van der Waals surface area contributed by atoms with E-state index < -0.39 is 10.0 Å². The lowest BCUT2D eigenvalue weighted by molar-refractivity contribution is 0.0862. The van der Waals surface area contributed by atoms with Gasteiger partial charge in [-0.25, -0.2) is 8.42 Å². The molecule has 4 aliphatic rings. The number of amides is 1. The number of hydrogen-bond acceptors (Lipinski definition) is 7. The lowest BCUT2D eigenvalue weighted by atomic mass is 9.99. The number of ether oxygens (including phenoxy) is 1. The van der Waals surface area contributed by atoms with Crippen molar-refractivity contribution in [3.63, 3.8) is 0 Å². The molecule has 0 saturated carbocycles. The molecule has 4 fully saturated rings. The number of piperidine rings is 2. The average molecular weight is 453 g/mol. The summed E-state index contributed by atoms with van der Waals surface area (Å²) in [5, 5.41) is 10.3. The zero-order chi connectivity index (χ0) is 21.4. The monoisotopic (exact) mass is 452 g/mol. The molecule has 4 saturated heterocycles. The van der Waals surface area contributed by atoms with E-state index in [0.29, 0.717) is 25.2 Å². The number of rotatable bonds is 6. The van der Waals surface area contributed by atoms with Crippen LogP contribution in [0.4, 0.5) is 0 Å². The Morgan fingerprint density at radius 3 is 2.58 bits per heavy atom. The van der Waals surface area contributed by atoms with Gasteiger partial charge in [-0.2, -0.15) is 4.31 Å². The normalized spacial score (nSPS) is 32.4. The Balaban J connectivity index is 1.19. The highest BCUT2D eigenvalue weighted by Crippen LogP contribution is 2.39. The second-order valence-electron chi connectivity index (χ2n) is 9.44. The van der Waals surface area contributed by atoms with Crippen LogP contribution in [0, 0.1) is 5.92 Å². The summed E-state index contributed by atoms with van der Waals surface area (Å²) >= 11 is 0. The minimum absolute atomic E-state index is 0.0180. The maximum Gasteiger partial charge on any atom is 0.273 e. The van der Waals surface area contributed by atoms with Gasteiger partial charge in [0.1, 0.15) is 6.10 Å². The molecule has 3 unspecified atom stereocenters. The van der Waals surface area contributed by atoms with Crippen molar-refractivity contribution in [1.29, 1.82) is 0 Å². The first-order chi connectivity index (χ1) is 15.0. The second kappa shape index (κ2) is 8.80. The van der Waals surface area contributed by atoms with Crippen LogP contribution in [0.25, 0.3) is 0 Å². The predicted octanol–water partition coefficient (Wildman–Crippen LogP) is 1.58. The Morgan fingerprint density at radius 2 is 1.90 bits per heavy atom. The molecule has 0 spiro atoms. The van der Waals surface area contributed by atoms with E-state index in [1.54, 1.807) is 10.4 Å². The van der Waals surface area contributed by atoms with E-state index in [0.717, 1.165) is 51.6 Å². The van der Waals surface area contributed by atoms with E-state index in [2.05, 4.69) is 15.8 Å². The topological polar surface area (TPSA) is 114 Å². The maximum atomic E-state index is 13.2. The summed E-state index contributed by atoms with van der Waals surface area (Å²) in [5.41, 5.74) is 0.263. The van der Waals surface area contributed by atoms with Gasteiger partial charge in [0, 0.05) is 30.8 Å². The first kappa shape index (κ1) is 21.4. The summed E-state index contributed by atoms with van der Waals surface area (Å²) in [6, 6.07) is 1.59. The van der Waals surface area contributed by atoms with Crippen LogP contribution >= 0.6 is 0 Å². The van der Waals surface area contributed by atoms with Gasteiger partial charge in [-0.1, -0.05) is 5.16 Å². The van der Waals surface area contributed by atoms with Gasteiger partial charge in [-0.05, 0) is 70.4 Å². The summed E-state index contributed by atoms with van der Waals surface area (Å²) < 4.78 is 39.0. The van der Waals surface area contributed by atoms with E-state index in [-0.39, 0.29) is 47.5 Å². The molecule has 2 bridgehead atoms. The summed E-state index contributed by atoms with van der Waals surface area (Å²) in [6.45, 7) is 2.50. The van der Waals surface area contributed by atoms with Crippen LogP contribution in [0.3, 0.4) is 0 Å². The summed E-state index contributed by atoms with van der Waals surface area (Å²) in [4.78, 5) is 12.7. The third-order valence-electron chi connectivity index (χ3n) is 7.24. The highest BCUT2D eigenvalue weighted by atomic mass is 32.2. The molecule has 0 aromatic carbocycles. The van der Waals surface area contributed by atoms with Crippen molar-refractivity contribution >= 4 is 15.9 Å². The highest BCUT2D eigenvalue weighted by Gasteiger charge is 2.47. The number of nitrogens with one attached hydrogen (secondary N) is 2. The molecule has 5 rings (SSSR count). The van der Waals surface area contributed by atoms with Gasteiger partial charge in [0.25, 0.3) is 5.91 Å². The molecule has 5 heterocycles. The fourth-order valence-electron chi connectivity index (χ4n) is 5.75. The van der Waals surface area contributed by atoms with Crippen LogP contribution in [0.5, 0.6) is 0 Å². The Morgan fingerprint density at radius 1 is 1.16 bits per heavy atom. The van der Waals surface area contributed by atoms with E-state index in [9.17, 15) is 13.2 Å². The van der Waals surface area contributed by atoms with Crippen LogP contribution in [0.2, 0.25) is 0 Å². The molecule has 31 heavy (non-hydrogen) atoms. The van der Waals surface area contributed by atoms with Crippen molar-refractivity contribution in [3.8, 4) is 0 Å². The third kappa shape index (κ3) is 4.53. The minimum Gasteiger partial charge on any atom is -0.370 e. The number of carbonyl (C=O) groups excluding carboxylic acids is 1. The zero-order valence-corrected chi connectivity index (χ0v) is 18.6. The van der Waals surface area contributed by atoms with E-state index in [1.807, 2.05) is 0 Å². The van der Waals surface area contributed by atoms with Gasteiger partial charge in [0.2, 0.25) is 10.0 Å². The second-order valence-corrected chi connectivity index (χ2v) is 11.4. The molecule has 2 N–H and O–H groups in total. The van der Waals surface area contributed by atoms with Crippen molar-refractivity contribution in [3.05, 3.63) is 17.5 Å². The van der Waals surface area contributed by atoms with Gasteiger partial charge in [-0.3, -0.25) is 4.79 Å². The molecule has 9 nitrogen and oxygen atoms in total. The minimum atomic E-state index is -3.28. The molecule has 1 amide bonds. The zero-order valence-electron chi connectivity index (χ0n) is 17.8. The van der Waals surface area contributed by atoms with Crippen LogP contribution in [0.15, 0.2) is 10.6 Å². The summed E-state index contributed by atoms with van der Waals surface area (Å²) in [7, 11) is -3.28. The number of hydrogen-bond donors (Lipinski definition) is 2. The Bertz CT molecular complexity index is 877. The largest absolute Gasteiger partial charge is 0.370 e. The number of fused-ring (bicyclic) bond motifs is 2. The quantitative estimate of drug-likeness (QED) is 0.674. The van der Waals surface area contributed by atoms with Gasteiger partial charge in [0.05, 0.1) is 5.75 Å². The average Bonchev–Trinajstić information content (AvgIpc) is 3.48. The molecule has 0 aliphatic carbocycles. The molecular weight excluding hydrogens is 420 g/mol. The molecular formula is C21H32N4O5S. The van der Waals surface area contributed by atoms with E-state index >= 15 is 0 Å². The fraction of sp³-hybridized carbons (Fsp3) is 0.810. The van der Waals surface area contributed by atoms with Crippen LogP contribution < -0.4 is 10.6 Å². The smallest absolute Gasteiger partial charge is 0.273 e. The fourth-order valence-corrected chi connectivity index (χ4v) is 8.14. The van der Waals surface area contributed by atoms with Crippen LogP contribution in [-0.2, 0) is 14.8 Å². The van der Waals surface area contributed by atoms with Gasteiger partial charge in [-0.15, -0.1) is 0 Å². The van der Waals surface area contributed by atoms with Crippen LogP contribution in [0.1, 0.15) is 73.7 Å². The molecule has 0 radical (unpaired) electrons. The van der Waals surface area contributed by atoms with Crippen molar-refractivity contribution in [1.82, 2.24) is 20.1 Å². The Kier molecular flexibility index (Phi) is 6.07. The number of sulfonamides is 1. The third-order valence-corrected chi connectivity index (χ3v) is 9.37. The summed E-state index contributed by atoms with van der Waals surface area (Å²) in [6.07, 6.45) is 6.65. The molecule has 4 aliphatic heterocycles. The van der Waals surface area contributed by atoms with E-state index in [1.165, 1.54) is 0 Å². The first-order valence-corrected chi connectivity index (χ1v) is 13.2. The molecule has 172 valence electrons. The predicted molar refractivity (Wildman–Crippen MR) is 113 cm³/mol. The molecule has 3 atom stereocenters. The first-order valence-electron chi connectivity index (χ1n) is 11.6. The van der Waals surface area contributed by atoms with E-state index in [4.69, 9.17) is 9.26 Å². The number of nitrogens with zero attached hydrogens (tertiary/aromatic N) is 2. The van der Waals surface area contributed by atoms with Crippen molar-refractivity contribution in [2.75, 3.05) is 25.4 Å².